The minimum absolute atomic E-state index is 0.356. The van der Waals surface area contributed by atoms with Gasteiger partial charge in [-0.15, -0.1) is 0 Å². The third-order valence-corrected chi connectivity index (χ3v) is 5.67. The number of ether oxygens (including phenoxy) is 1. The minimum atomic E-state index is -0.356. The van der Waals surface area contributed by atoms with Crippen molar-refractivity contribution in [1.82, 2.24) is 9.97 Å². The van der Waals surface area contributed by atoms with Crippen LogP contribution in [0.5, 0.6) is 5.75 Å². The summed E-state index contributed by atoms with van der Waals surface area (Å²) in [6.07, 6.45) is 6.09. The summed E-state index contributed by atoms with van der Waals surface area (Å²) in [6, 6.07) is 9.58. The number of methoxy groups -OCH3 is 1. The molecule has 0 aliphatic heterocycles. The number of aromatic nitrogens is 2. The van der Waals surface area contributed by atoms with Crippen LogP contribution in [-0.2, 0) is 11.5 Å². The number of hydrogen-bond acceptors (Lipinski definition) is 7. The van der Waals surface area contributed by atoms with Crippen LogP contribution in [0, 0.1) is 10.1 Å². The summed E-state index contributed by atoms with van der Waals surface area (Å²) in [5.74, 6) is 3.97. The quantitative estimate of drug-likeness (QED) is 0.290. The van der Waals surface area contributed by atoms with Crippen molar-refractivity contribution in [2.45, 2.75) is 24.3 Å². The molecule has 0 bridgehead atoms. The fourth-order valence-electron chi connectivity index (χ4n) is 2.36. The minimum Gasteiger partial charge on any atom is -0.495 e. The average molecular weight is 406 g/mol. The molecule has 0 N–H and O–H groups in total. The standard InChI is InChI=1S/C19H23N3O3S2/c1-25-19-6-4-10-21-18(19)15-27-12-8-16(13-22(23)24)7-11-26-14-17-5-2-3-9-20-17/h2-6,9-10,13H,7-8,11-12,14-15H2,1H3. The number of thioether (sulfide) groups is 2. The molecule has 2 rings (SSSR count). The first-order chi connectivity index (χ1) is 13.2. The van der Waals surface area contributed by atoms with Crippen molar-refractivity contribution in [3.63, 3.8) is 0 Å². The van der Waals surface area contributed by atoms with E-state index in [1.165, 1.54) is 0 Å². The maximum Gasteiger partial charge on any atom is 0.233 e. The lowest BCUT2D eigenvalue weighted by molar-refractivity contribution is -0.403. The molecule has 0 atom stereocenters. The molecule has 144 valence electrons. The smallest absolute Gasteiger partial charge is 0.233 e. The SMILES string of the molecule is COc1cccnc1CSCCC(=C[N+](=O)[O-])CCSCc1ccccn1. The molecule has 6 nitrogen and oxygen atoms in total. The average Bonchev–Trinajstić information content (AvgIpc) is 2.69. The van der Waals surface area contributed by atoms with Gasteiger partial charge in [0.1, 0.15) is 5.75 Å². The van der Waals surface area contributed by atoms with E-state index in [0.29, 0.717) is 12.8 Å². The Bertz CT molecular complexity index is 742. The van der Waals surface area contributed by atoms with Crippen LogP contribution >= 0.6 is 23.5 Å². The number of nitro groups is 1. The molecule has 0 radical (unpaired) electrons. The zero-order chi connectivity index (χ0) is 19.3. The van der Waals surface area contributed by atoms with Gasteiger partial charge in [-0.3, -0.25) is 20.1 Å². The van der Waals surface area contributed by atoms with E-state index in [1.54, 1.807) is 43.0 Å². The lowest BCUT2D eigenvalue weighted by Crippen LogP contribution is -1.97. The molecule has 0 saturated heterocycles. The molecule has 0 aliphatic carbocycles. The van der Waals surface area contributed by atoms with Gasteiger partial charge in [0.2, 0.25) is 6.20 Å². The van der Waals surface area contributed by atoms with Gasteiger partial charge in [0.05, 0.1) is 23.4 Å². The van der Waals surface area contributed by atoms with Gasteiger partial charge in [0, 0.05) is 29.5 Å². The van der Waals surface area contributed by atoms with Crippen molar-refractivity contribution in [2.24, 2.45) is 0 Å². The Morgan fingerprint density at radius 3 is 2.52 bits per heavy atom. The van der Waals surface area contributed by atoms with E-state index < -0.39 is 0 Å². The summed E-state index contributed by atoms with van der Waals surface area (Å²) in [5.41, 5.74) is 2.80. The molecule has 2 aromatic heterocycles. The fraction of sp³-hybridized carbons (Fsp3) is 0.368. The van der Waals surface area contributed by atoms with E-state index in [1.807, 2.05) is 30.3 Å². The first-order valence-corrected chi connectivity index (χ1v) is 10.9. The summed E-state index contributed by atoms with van der Waals surface area (Å²) >= 11 is 3.45. The van der Waals surface area contributed by atoms with E-state index in [-0.39, 0.29) is 4.92 Å². The largest absolute Gasteiger partial charge is 0.495 e. The number of hydrogen-bond donors (Lipinski definition) is 0. The van der Waals surface area contributed by atoms with E-state index in [0.717, 1.165) is 51.9 Å². The van der Waals surface area contributed by atoms with Gasteiger partial charge in [-0.05, 0) is 48.6 Å². The van der Waals surface area contributed by atoms with Gasteiger partial charge in [0.25, 0.3) is 0 Å². The Balaban J connectivity index is 1.73. The molecule has 0 amide bonds. The monoisotopic (exact) mass is 405 g/mol. The molecule has 2 heterocycles. The van der Waals surface area contributed by atoms with E-state index in [4.69, 9.17) is 4.74 Å². The molecule has 0 saturated carbocycles. The van der Waals surface area contributed by atoms with Crippen molar-refractivity contribution >= 4 is 23.5 Å². The predicted molar refractivity (Wildman–Crippen MR) is 112 cm³/mol. The maximum atomic E-state index is 10.9. The summed E-state index contributed by atoms with van der Waals surface area (Å²) < 4.78 is 5.29. The molecule has 2 aromatic rings. The topological polar surface area (TPSA) is 78.2 Å². The third kappa shape index (κ3) is 8.45. The lowest BCUT2D eigenvalue weighted by atomic mass is 10.2. The molecule has 0 unspecified atom stereocenters. The molecule has 0 fully saturated rings. The second-order valence-electron chi connectivity index (χ2n) is 5.65. The van der Waals surface area contributed by atoms with Crippen LogP contribution in [0.2, 0.25) is 0 Å². The van der Waals surface area contributed by atoms with Gasteiger partial charge < -0.3 is 4.74 Å². The highest BCUT2D eigenvalue weighted by molar-refractivity contribution is 7.98. The van der Waals surface area contributed by atoms with Crippen LogP contribution in [0.3, 0.4) is 0 Å². The summed E-state index contributed by atoms with van der Waals surface area (Å²) in [6.45, 7) is 0. The first-order valence-electron chi connectivity index (χ1n) is 8.55. The highest BCUT2D eigenvalue weighted by Crippen LogP contribution is 2.23. The van der Waals surface area contributed by atoms with Crippen molar-refractivity contribution in [1.29, 1.82) is 0 Å². The Kier molecular flexibility index (Phi) is 9.72. The van der Waals surface area contributed by atoms with Crippen LogP contribution < -0.4 is 4.74 Å². The Morgan fingerprint density at radius 1 is 1.11 bits per heavy atom. The highest BCUT2D eigenvalue weighted by Gasteiger charge is 2.07. The third-order valence-electron chi connectivity index (χ3n) is 3.71. The number of rotatable bonds is 12. The van der Waals surface area contributed by atoms with Crippen LogP contribution in [0.25, 0.3) is 0 Å². The van der Waals surface area contributed by atoms with Crippen molar-refractivity contribution in [3.05, 3.63) is 76.0 Å². The highest BCUT2D eigenvalue weighted by atomic mass is 32.2. The van der Waals surface area contributed by atoms with E-state index >= 15 is 0 Å². The van der Waals surface area contributed by atoms with Crippen molar-refractivity contribution < 1.29 is 9.66 Å². The molecule has 27 heavy (non-hydrogen) atoms. The fourth-order valence-corrected chi connectivity index (χ4v) is 4.25. The normalized spacial score (nSPS) is 11.4. The number of nitrogens with zero attached hydrogens (tertiary/aromatic N) is 3. The van der Waals surface area contributed by atoms with Crippen molar-refractivity contribution in [2.75, 3.05) is 18.6 Å². The van der Waals surface area contributed by atoms with Crippen LogP contribution in [0.4, 0.5) is 0 Å². The molecule has 8 heteroatoms. The van der Waals surface area contributed by atoms with Crippen LogP contribution in [0.1, 0.15) is 24.2 Å². The second-order valence-corrected chi connectivity index (χ2v) is 7.86. The maximum absolute atomic E-state index is 10.9. The van der Waals surface area contributed by atoms with Gasteiger partial charge >= 0.3 is 0 Å². The summed E-state index contributed by atoms with van der Waals surface area (Å²) in [4.78, 5) is 19.1. The number of pyridine rings is 2. The lowest BCUT2D eigenvalue weighted by Gasteiger charge is -2.08. The van der Waals surface area contributed by atoms with Crippen molar-refractivity contribution in [3.8, 4) is 5.75 Å². The second kappa shape index (κ2) is 12.3. The zero-order valence-electron chi connectivity index (χ0n) is 15.2. The zero-order valence-corrected chi connectivity index (χ0v) is 16.9. The van der Waals surface area contributed by atoms with Gasteiger partial charge in [0.15, 0.2) is 0 Å². The van der Waals surface area contributed by atoms with Gasteiger partial charge in [-0.1, -0.05) is 6.07 Å². The Labute approximate surface area is 168 Å². The Hall–Kier alpha value is -2.06. The van der Waals surface area contributed by atoms with E-state index in [2.05, 4.69) is 9.97 Å². The molecular weight excluding hydrogens is 382 g/mol. The number of allylic oxidation sites excluding steroid dienone is 1. The molecule has 0 spiro atoms. The summed E-state index contributed by atoms with van der Waals surface area (Å²) in [7, 11) is 1.63. The Morgan fingerprint density at radius 2 is 1.85 bits per heavy atom. The van der Waals surface area contributed by atoms with Gasteiger partial charge in [-0.2, -0.15) is 23.5 Å². The van der Waals surface area contributed by atoms with E-state index in [9.17, 15) is 10.1 Å². The molecule has 0 aromatic carbocycles. The first kappa shape index (κ1) is 21.2. The van der Waals surface area contributed by atoms with Crippen LogP contribution in [-0.4, -0.2) is 33.5 Å². The molecular formula is C19H23N3O3S2. The van der Waals surface area contributed by atoms with Gasteiger partial charge in [-0.25, -0.2) is 0 Å². The summed E-state index contributed by atoms with van der Waals surface area (Å²) in [5, 5.41) is 10.9. The molecule has 0 aliphatic rings. The predicted octanol–water partition coefficient (Wildman–Crippen LogP) is 4.59. The van der Waals surface area contributed by atoms with Crippen LogP contribution in [0.15, 0.2) is 54.5 Å².